The quantitative estimate of drug-likeness (QED) is 0.617. The molecule has 2 saturated heterocycles. The number of thioether (sulfide) groups is 1. The number of hydrogen-bond donors (Lipinski definition) is 0. The number of ether oxygens (including phenoxy) is 1. The molecule has 4 nitrogen and oxygen atoms in total. The third-order valence-electron chi connectivity index (χ3n) is 3.96. The van der Waals surface area contributed by atoms with Crippen molar-refractivity contribution in [2.24, 2.45) is 0 Å². The molecule has 2 aliphatic rings. The molecule has 0 atom stereocenters. The number of nitrogens with zero attached hydrogens (tertiary/aromatic N) is 2. The van der Waals surface area contributed by atoms with E-state index in [-0.39, 0.29) is 5.91 Å². The molecule has 0 spiro atoms. The number of rotatable bonds is 4. The maximum Gasteiger partial charge on any atom is 0.266 e. The van der Waals surface area contributed by atoms with Gasteiger partial charge >= 0.3 is 0 Å². The van der Waals surface area contributed by atoms with Gasteiger partial charge in [-0.3, -0.25) is 14.6 Å². The Bertz CT molecular complexity index is 639. The lowest BCUT2D eigenvalue weighted by Crippen LogP contribution is -2.42. The molecule has 23 heavy (non-hydrogen) atoms. The summed E-state index contributed by atoms with van der Waals surface area (Å²) in [6.07, 6.45) is 1.93. The lowest BCUT2D eigenvalue weighted by atomic mass is 10.1. The molecular formula is C17H20N2O2S2. The molecule has 0 N–H and O–H groups in total. The first-order chi connectivity index (χ1) is 11.1. The van der Waals surface area contributed by atoms with E-state index in [2.05, 4.69) is 11.0 Å². The summed E-state index contributed by atoms with van der Waals surface area (Å²) in [5, 5.41) is 0. The molecule has 2 fully saturated rings. The van der Waals surface area contributed by atoms with Gasteiger partial charge in [0.1, 0.15) is 4.32 Å². The van der Waals surface area contributed by atoms with Crippen molar-refractivity contribution in [2.75, 3.05) is 39.4 Å². The second kappa shape index (κ2) is 7.57. The molecule has 0 aliphatic carbocycles. The summed E-state index contributed by atoms with van der Waals surface area (Å²) in [7, 11) is 0. The topological polar surface area (TPSA) is 32.8 Å². The van der Waals surface area contributed by atoms with E-state index in [0.717, 1.165) is 38.4 Å². The molecule has 1 amide bonds. The fourth-order valence-electron chi connectivity index (χ4n) is 2.67. The van der Waals surface area contributed by atoms with Crippen molar-refractivity contribution in [3.05, 3.63) is 40.3 Å². The van der Waals surface area contributed by atoms with E-state index in [9.17, 15) is 4.79 Å². The molecule has 122 valence electrons. The number of thiocarbonyl (C=S) groups is 1. The standard InChI is InChI=1S/C17H20N2O2S2/c1-13-3-2-4-14(11-13)12-15-16(20)19(17(22)23-15)6-5-18-7-9-21-10-8-18/h2-4,11-12H,5-10H2,1H3/b15-12-. The predicted molar refractivity (Wildman–Crippen MR) is 98.3 cm³/mol. The van der Waals surface area contributed by atoms with Gasteiger partial charge in [0.05, 0.1) is 18.1 Å². The Balaban J connectivity index is 1.65. The zero-order valence-corrected chi connectivity index (χ0v) is 14.8. The average Bonchev–Trinajstić information content (AvgIpc) is 2.80. The zero-order chi connectivity index (χ0) is 16.2. The summed E-state index contributed by atoms with van der Waals surface area (Å²) in [6, 6.07) is 8.12. The van der Waals surface area contributed by atoms with Crippen molar-refractivity contribution < 1.29 is 9.53 Å². The summed E-state index contributed by atoms with van der Waals surface area (Å²) in [5.74, 6) is 0.0229. The number of aryl methyl sites for hydroxylation is 1. The van der Waals surface area contributed by atoms with Crippen LogP contribution in [0.25, 0.3) is 6.08 Å². The molecule has 2 aliphatic heterocycles. The fraction of sp³-hybridized carbons (Fsp3) is 0.412. The first-order valence-electron chi connectivity index (χ1n) is 7.75. The van der Waals surface area contributed by atoms with Gasteiger partial charge in [0.25, 0.3) is 5.91 Å². The summed E-state index contributed by atoms with van der Waals surface area (Å²) in [5.41, 5.74) is 2.22. The largest absolute Gasteiger partial charge is 0.379 e. The lowest BCUT2D eigenvalue weighted by Gasteiger charge is -2.28. The highest BCUT2D eigenvalue weighted by atomic mass is 32.2. The predicted octanol–water partition coefficient (Wildman–Crippen LogP) is 2.53. The molecule has 3 rings (SSSR count). The summed E-state index contributed by atoms with van der Waals surface area (Å²) < 4.78 is 6.00. The maximum absolute atomic E-state index is 12.6. The lowest BCUT2D eigenvalue weighted by molar-refractivity contribution is -0.122. The van der Waals surface area contributed by atoms with Crippen LogP contribution in [0.4, 0.5) is 0 Å². The van der Waals surface area contributed by atoms with E-state index >= 15 is 0 Å². The van der Waals surface area contributed by atoms with Gasteiger partial charge in [0, 0.05) is 26.2 Å². The summed E-state index contributed by atoms with van der Waals surface area (Å²) >= 11 is 6.78. The van der Waals surface area contributed by atoms with E-state index < -0.39 is 0 Å². The van der Waals surface area contributed by atoms with Gasteiger partial charge in [-0.2, -0.15) is 0 Å². The highest BCUT2D eigenvalue weighted by molar-refractivity contribution is 8.26. The molecule has 0 unspecified atom stereocenters. The molecule has 0 saturated carbocycles. The first-order valence-corrected chi connectivity index (χ1v) is 8.98. The highest BCUT2D eigenvalue weighted by Gasteiger charge is 2.32. The second-order valence-corrected chi connectivity index (χ2v) is 7.38. The van der Waals surface area contributed by atoms with Crippen LogP contribution >= 0.6 is 24.0 Å². The summed E-state index contributed by atoms with van der Waals surface area (Å²) in [6.45, 7) is 6.92. The Morgan fingerprint density at radius 2 is 2.09 bits per heavy atom. The van der Waals surface area contributed by atoms with Crippen molar-refractivity contribution in [2.45, 2.75) is 6.92 Å². The fourth-order valence-corrected chi connectivity index (χ4v) is 3.98. The minimum absolute atomic E-state index is 0.0229. The summed E-state index contributed by atoms with van der Waals surface area (Å²) in [4.78, 5) is 17.3. The van der Waals surface area contributed by atoms with Crippen LogP contribution < -0.4 is 0 Å². The zero-order valence-electron chi connectivity index (χ0n) is 13.2. The van der Waals surface area contributed by atoms with E-state index in [1.165, 1.54) is 17.3 Å². The van der Waals surface area contributed by atoms with Crippen LogP contribution in [0.15, 0.2) is 29.2 Å². The van der Waals surface area contributed by atoms with Gasteiger partial charge < -0.3 is 4.74 Å². The Kier molecular flexibility index (Phi) is 5.48. The average molecular weight is 348 g/mol. The van der Waals surface area contributed by atoms with Crippen LogP contribution in [-0.2, 0) is 9.53 Å². The van der Waals surface area contributed by atoms with Crippen LogP contribution in [0, 0.1) is 6.92 Å². The Labute approximate surface area is 146 Å². The van der Waals surface area contributed by atoms with Crippen LogP contribution in [0.3, 0.4) is 0 Å². The minimum atomic E-state index is 0.0229. The monoisotopic (exact) mass is 348 g/mol. The number of carbonyl (C=O) groups is 1. The van der Waals surface area contributed by atoms with Gasteiger partial charge in [-0.25, -0.2) is 0 Å². The van der Waals surface area contributed by atoms with E-state index in [0.29, 0.717) is 15.8 Å². The number of hydrogen-bond acceptors (Lipinski definition) is 5. The first kappa shape index (κ1) is 16.6. The second-order valence-electron chi connectivity index (χ2n) is 5.70. The van der Waals surface area contributed by atoms with Crippen molar-refractivity contribution >= 4 is 40.3 Å². The molecule has 6 heteroatoms. The maximum atomic E-state index is 12.6. The van der Waals surface area contributed by atoms with Gasteiger partial charge in [-0.1, -0.05) is 53.8 Å². The normalized spacial score (nSPS) is 21.4. The van der Waals surface area contributed by atoms with Crippen molar-refractivity contribution in [3.8, 4) is 0 Å². The molecule has 0 radical (unpaired) electrons. The highest BCUT2D eigenvalue weighted by Crippen LogP contribution is 2.32. The molecular weight excluding hydrogens is 328 g/mol. The van der Waals surface area contributed by atoms with Crippen LogP contribution in [0.1, 0.15) is 11.1 Å². The van der Waals surface area contributed by atoms with Crippen molar-refractivity contribution in [3.63, 3.8) is 0 Å². The third-order valence-corrected chi connectivity index (χ3v) is 5.33. The van der Waals surface area contributed by atoms with Gasteiger partial charge in [-0.15, -0.1) is 0 Å². The van der Waals surface area contributed by atoms with Crippen LogP contribution in [-0.4, -0.2) is 59.4 Å². The van der Waals surface area contributed by atoms with Crippen molar-refractivity contribution in [1.82, 2.24) is 9.80 Å². The Hall–Kier alpha value is -1.21. The molecule has 1 aromatic carbocycles. The van der Waals surface area contributed by atoms with Crippen LogP contribution in [0.2, 0.25) is 0 Å². The van der Waals surface area contributed by atoms with Gasteiger partial charge in [0.2, 0.25) is 0 Å². The number of amides is 1. The third kappa shape index (κ3) is 4.20. The molecule has 2 heterocycles. The van der Waals surface area contributed by atoms with E-state index in [4.69, 9.17) is 17.0 Å². The molecule has 0 aromatic heterocycles. The Morgan fingerprint density at radius 3 is 2.83 bits per heavy atom. The number of benzene rings is 1. The Morgan fingerprint density at radius 1 is 1.30 bits per heavy atom. The van der Waals surface area contributed by atoms with Gasteiger partial charge in [0.15, 0.2) is 0 Å². The van der Waals surface area contributed by atoms with Gasteiger partial charge in [-0.05, 0) is 18.6 Å². The smallest absolute Gasteiger partial charge is 0.266 e. The SMILES string of the molecule is Cc1cccc(/C=C2\SC(=S)N(CCN3CCOCC3)C2=O)c1. The number of carbonyl (C=O) groups excluding carboxylic acids is 1. The van der Waals surface area contributed by atoms with Crippen molar-refractivity contribution in [1.29, 1.82) is 0 Å². The number of morpholine rings is 1. The van der Waals surface area contributed by atoms with E-state index in [1.807, 2.05) is 31.2 Å². The van der Waals surface area contributed by atoms with Crippen LogP contribution in [0.5, 0.6) is 0 Å². The molecule has 0 bridgehead atoms. The molecule has 1 aromatic rings. The van der Waals surface area contributed by atoms with E-state index in [1.54, 1.807) is 4.90 Å². The minimum Gasteiger partial charge on any atom is -0.379 e.